The Bertz CT molecular complexity index is 779. The Hall–Kier alpha value is -1.65. The van der Waals surface area contributed by atoms with Crippen molar-refractivity contribution in [2.75, 3.05) is 0 Å². The fourth-order valence-electron chi connectivity index (χ4n) is 3.75. The minimum Gasteiger partial charge on any atom is -0.525 e. The quantitative estimate of drug-likeness (QED) is 0.834. The molecule has 4 rings (SSSR count). The summed E-state index contributed by atoms with van der Waals surface area (Å²) in [6.07, 6.45) is 0.919. The predicted octanol–water partition coefficient (Wildman–Crippen LogP) is 3.05. The highest BCUT2D eigenvalue weighted by Crippen LogP contribution is 2.40. The molecule has 0 bridgehead atoms. The van der Waals surface area contributed by atoms with E-state index >= 15 is 0 Å². The van der Waals surface area contributed by atoms with Gasteiger partial charge in [-0.2, -0.15) is 0 Å². The second kappa shape index (κ2) is 5.17. The average Bonchev–Trinajstić information content (AvgIpc) is 2.69. The van der Waals surface area contributed by atoms with Crippen LogP contribution in [0.3, 0.4) is 0 Å². The van der Waals surface area contributed by atoms with E-state index in [1.807, 2.05) is 12.9 Å². The standard InChI is InChI=1S/C18H24B2N2O2/c1-17(2)18(3,4)22-20(21-17)11-12-9-10-15-16-13(12)7-6-8-14(16)23-19(5)24-15/h6-10,21-22H,11H2,1-5H3. The summed E-state index contributed by atoms with van der Waals surface area (Å²) in [7, 11) is -0.242. The van der Waals surface area contributed by atoms with Crippen LogP contribution in [0.4, 0.5) is 0 Å². The molecule has 1 saturated heterocycles. The molecule has 1 fully saturated rings. The summed E-state index contributed by atoms with van der Waals surface area (Å²) in [5.74, 6) is 1.83. The van der Waals surface area contributed by atoms with Crippen molar-refractivity contribution in [3.8, 4) is 11.5 Å². The molecule has 24 heavy (non-hydrogen) atoms. The van der Waals surface area contributed by atoms with Gasteiger partial charge in [-0.1, -0.05) is 18.2 Å². The van der Waals surface area contributed by atoms with Crippen LogP contribution in [-0.4, -0.2) is 25.2 Å². The first-order valence-electron chi connectivity index (χ1n) is 8.70. The van der Waals surface area contributed by atoms with Crippen LogP contribution in [0.2, 0.25) is 6.82 Å². The summed E-state index contributed by atoms with van der Waals surface area (Å²) in [5, 5.41) is 9.75. The van der Waals surface area contributed by atoms with Gasteiger partial charge >= 0.3 is 14.1 Å². The second-order valence-electron chi connectivity index (χ2n) is 8.00. The molecule has 4 nitrogen and oxygen atoms in total. The fraction of sp³-hybridized carbons (Fsp3) is 0.444. The molecule has 2 aromatic carbocycles. The molecule has 2 aromatic rings. The SMILES string of the molecule is CB1Oc2cccc3c(CB4NC(C)(C)C(C)(C)N4)ccc(c23)O1. The van der Waals surface area contributed by atoms with Crippen molar-refractivity contribution in [2.45, 2.75) is 51.9 Å². The van der Waals surface area contributed by atoms with Crippen LogP contribution < -0.4 is 19.8 Å². The molecule has 0 amide bonds. The molecule has 0 atom stereocenters. The van der Waals surface area contributed by atoms with Gasteiger partial charge in [-0.3, -0.25) is 0 Å². The maximum atomic E-state index is 5.84. The molecule has 0 unspecified atom stereocenters. The molecule has 2 aliphatic heterocycles. The van der Waals surface area contributed by atoms with Crippen LogP contribution >= 0.6 is 0 Å². The molecule has 0 radical (unpaired) electrons. The number of rotatable bonds is 2. The van der Waals surface area contributed by atoms with Gasteiger partial charge < -0.3 is 19.8 Å². The first-order valence-corrected chi connectivity index (χ1v) is 8.70. The maximum Gasteiger partial charge on any atom is 0.591 e. The van der Waals surface area contributed by atoms with Crippen LogP contribution in [0, 0.1) is 0 Å². The summed E-state index contributed by atoms with van der Waals surface area (Å²) < 4.78 is 11.7. The van der Waals surface area contributed by atoms with Gasteiger partial charge in [0.1, 0.15) is 11.5 Å². The molecule has 0 aliphatic carbocycles. The van der Waals surface area contributed by atoms with Gasteiger partial charge in [-0.05, 0) is 63.9 Å². The third kappa shape index (κ3) is 2.40. The predicted molar refractivity (Wildman–Crippen MR) is 101 cm³/mol. The van der Waals surface area contributed by atoms with Crippen LogP contribution in [0.25, 0.3) is 10.8 Å². The lowest BCUT2D eigenvalue weighted by atomic mass is 9.70. The summed E-state index contributed by atoms with van der Waals surface area (Å²) in [5.41, 5.74) is 1.40. The van der Waals surface area contributed by atoms with Crippen LogP contribution in [0.1, 0.15) is 33.3 Å². The summed E-state index contributed by atoms with van der Waals surface area (Å²) in [4.78, 5) is 0. The fourth-order valence-corrected chi connectivity index (χ4v) is 3.75. The van der Waals surface area contributed by atoms with Gasteiger partial charge in [-0.25, -0.2) is 0 Å². The van der Waals surface area contributed by atoms with Crippen molar-refractivity contribution in [1.29, 1.82) is 0 Å². The first kappa shape index (κ1) is 15.9. The number of benzene rings is 2. The van der Waals surface area contributed by atoms with Crippen molar-refractivity contribution in [3.63, 3.8) is 0 Å². The smallest absolute Gasteiger partial charge is 0.525 e. The number of hydrogen-bond acceptors (Lipinski definition) is 4. The molecule has 2 heterocycles. The van der Waals surface area contributed by atoms with Gasteiger partial charge in [-0.15, -0.1) is 0 Å². The van der Waals surface area contributed by atoms with Crippen molar-refractivity contribution in [1.82, 2.24) is 10.5 Å². The van der Waals surface area contributed by atoms with E-state index in [0.717, 1.165) is 23.2 Å². The minimum atomic E-state index is -0.242. The topological polar surface area (TPSA) is 42.5 Å². The van der Waals surface area contributed by atoms with Crippen molar-refractivity contribution in [2.24, 2.45) is 0 Å². The second-order valence-corrected chi connectivity index (χ2v) is 8.00. The Kier molecular flexibility index (Phi) is 3.42. The van der Waals surface area contributed by atoms with Crippen LogP contribution in [0.15, 0.2) is 30.3 Å². The summed E-state index contributed by atoms with van der Waals surface area (Å²) in [6.45, 7) is 11.2. The van der Waals surface area contributed by atoms with Gasteiger partial charge in [0, 0.05) is 11.1 Å². The first-order chi connectivity index (χ1) is 11.3. The van der Waals surface area contributed by atoms with Gasteiger partial charge in [0.25, 0.3) is 0 Å². The third-order valence-electron chi connectivity index (χ3n) is 5.70. The molecule has 0 saturated carbocycles. The molecular weight excluding hydrogens is 298 g/mol. The highest BCUT2D eigenvalue weighted by atomic mass is 16.6. The minimum absolute atomic E-state index is 0.0473. The Balaban J connectivity index is 1.70. The van der Waals surface area contributed by atoms with Crippen LogP contribution in [0.5, 0.6) is 11.5 Å². The molecular formula is C18H24B2N2O2. The third-order valence-corrected chi connectivity index (χ3v) is 5.70. The van der Waals surface area contributed by atoms with Gasteiger partial charge in [0.2, 0.25) is 0 Å². The van der Waals surface area contributed by atoms with E-state index in [4.69, 9.17) is 9.31 Å². The van der Waals surface area contributed by atoms with E-state index in [0.29, 0.717) is 0 Å². The lowest BCUT2D eigenvalue weighted by Crippen LogP contribution is -2.51. The Morgan fingerprint density at radius 1 is 0.917 bits per heavy atom. The zero-order chi connectivity index (χ0) is 17.1. The van der Waals surface area contributed by atoms with E-state index in [1.165, 1.54) is 10.9 Å². The Morgan fingerprint density at radius 2 is 1.54 bits per heavy atom. The zero-order valence-electron chi connectivity index (χ0n) is 15.1. The lowest BCUT2D eigenvalue weighted by molar-refractivity contribution is 0.295. The van der Waals surface area contributed by atoms with Crippen molar-refractivity contribution < 1.29 is 9.31 Å². The van der Waals surface area contributed by atoms with E-state index in [2.05, 4.69) is 62.4 Å². The van der Waals surface area contributed by atoms with E-state index in [1.54, 1.807) is 0 Å². The maximum absolute atomic E-state index is 5.84. The Morgan fingerprint density at radius 3 is 2.21 bits per heavy atom. The number of nitrogens with one attached hydrogen (secondary N) is 2. The van der Waals surface area contributed by atoms with E-state index < -0.39 is 0 Å². The zero-order valence-corrected chi connectivity index (χ0v) is 15.1. The molecule has 124 valence electrons. The largest absolute Gasteiger partial charge is 0.591 e. The molecule has 2 N–H and O–H groups in total. The average molecular weight is 322 g/mol. The lowest BCUT2D eigenvalue weighted by Gasteiger charge is -2.35. The van der Waals surface area contributed by atoms with E-state index in [-0.39, 0.29) is 25.2 Å². The summed E-state index contributed by atoms with van der Waals surface area (Å²) >= 11 is 0. The Labute approximate surface area is 144 Å². The molecule has 6 heteroatoms. The highest BCUT2D eigenvalue weighted by Gasteiger charge is 2.47. The highest BCUT2D eigenvalue weighted by molar-refractivity contribution is 6.54. The van der Waals surface area contributed by atoms with E-state index in [9.17, 15) is 0 Å². The van der Waals surface area contributed by atoms with Crippen molar-refractivity contribution in [3.05, 3.63) is 35.9 Å². The number of hydrogen-bond donors (Lipinski definition) is 2. The normalized spacial score (nSPS) is 20.9. The molecule has 0 aromatic heterocycles. The van der Waals surface area contributed by atoms with Crippen molar-refractivity contribution >= 4 is 24.9 Å². The summed E-state index contributed by atoms with van der Waals surface area (Å²) in [6, 6.07) is 10.5. The van der Waals surface area contributed by atoms with Crippen LogP contribution in [-0.2, 0) is 6.32 Å². The molecule has 0 spiro atoms. The molecule has 2 aliphatic rings. The monoisotopic (exact) mass is 322 g/mol. The van der Waals surface area contributed by atoms with Gasteiger partial charge in [0.05, 0.1) is 5.39 Å². The van der Waals surface area contributed by atoms with Gasteiger partial charge in [0.15, 0.2) is 0 Å².